The number of hydrogen-bond acceptors (Lipinski definition) is 2. The van der Waals surface area contributed by atoms with Crippen molar-refractivity contribution in [1.29, 1.82) is 0 Å². The van der Waals surface area contributed by atoms with Crippen LogP contribution >= 0.6 is 11.6 Å². The van der Waals surface area contributed by atoms with Crippen molar-refractivity contribution >= 4 is 17.5 Å². The fraction of sp³-hybridized carbons (Fsp3) is 0.316. The highest BCUT2D eigenvalue weighted by atomic mass is 35.5. The van der Waals surface area contributed by atoms with Gasteiger partial charge in [0.2, 0.25) is 0 Å². The van der Waals surface area contributed by atoms with Crippen LogP contribution in [0.4, 0.5) is 0 Å². The summed E-state index contributed by atoms with van der Waals surface area (Å²) in [6.45, 7) is 1.72. The zero-order valence-corrected chi connectivity index (χ0v) is 13.8. The van der Waals surface area contributed by atoms with Gasteiger partial charge in [0.15, 0.2) is 6.61 Å². The van der Waals surface area contributed by atoms with Crippen LogP contribution in [0.25, 0.3) is 11.1 Å². The Labute approximate surface area is 141 Å². The van der Waals surface area contributed by atoms with E-state index in [-0.39, 0.29) is 12.5 Å². The van der Waals surface area contributed by atoms with Crippen molar-refractivity contribution in [3.8, 4) is 16.9 Å². The van der Waals surface area contributed by atoms with Crippen LogP contribution in [-0.2, 0) is 4.79 Å². The van der Waals surface area contributed by atoms with Gasteiger partial charge < -0.3 is 9.64 Å². The van der Waals surface area contributed by atoms with Crippen molar-refractivity contribution in [1.82, 2.24) is 4.90 Å². The van der Waals surface area contributed by atoms with Crippen LogP contribution in [0.5, 0.6) is 5.75 Å². The van der Waals surface area contributed by atoms with Gasteiger partial charge in [-0.25, -0.2) is 0 Å². The minimum atomic E-state index is 0.0351. The summed E-state index contributed by atoms with van der Waals surface area (Å²) < 4.78 is 5.62. The number of likely N-dealkylation sites (tertiary alicyclic amines) is 1. The van der Waals surface area contributed by atoms with E-state index in [1.807, 2.05) is 53.4 Å². The number of halogens is 1. The van der Waals surface area contributed by atoms with Gasteiger partial charge in [0, 0.05) is 13.1 Å². The lowest BCUT2D eigenvalue weighted by Crippen LogP contribution is -2.38. The smallest absolute Gasteiger partial charge is 0.260 e. The van der Waals surface area contributed by atoms with E-state index in [2.05, 4.69) is 0 Å². The Balaban J connectivity index is 1.63. The number of piperidine rings is 1. The maximum atomic E-state index is 12.1. The molecule has 0 N–H and O–H groups in total. The van der Waals surface area contributed by atoms with Crippen molar-refractivity contribution in [2.24, 2.45) is 0 Å². The molecule has 120 valence electrons. The second-order valence-electron chi connectivity index (χ2n) is 5.74. The van der Waals surface area contributed by atoms with Gasteiger partial charge in [0.05, 0.1) is 5.02 Å². The molecule has 3 rings (SSSR count). The van der Waals surface area contributed by atoms with Crippen molar-refractivity contribution in [2.75, 3.05) is 19.7 Å². The molecule has 0 atom stereocenters. The lowest BCUT2D eigenvalue weighted by molar-refractivity contribution is -0.134. The summed E-state index contributed by atoms with van der Waals surface area (Å²) in [6, 6.07) is 15.7. The summed E-state index contributed by atoms with van der Waals surface area (Å²) in [7, 11) is 0. The van der Waals surface area contributed by atoms with Crippen LogP contribution < -0.4 is 4.74 Å². The maximum absolute atomic E-state index is 12.1. The Bertz CT molecular complexity index is 666. The molecule has 3 nitrogen and oxygen atoms in total. The standard InChI is InChI=1S/C19H20ClNO2/c20-17-13-16(15-7-3-1-4-8-15)9-10-18(17)23-14-19(22)21-11-5-2-6-12-21/h1,3-4,7-10,13H,2,5-6,11-12,14H2. The molecule has 2 aromatic rings. The topological polar surface area (TPSA) is 29.5 Å². The van der Waals surface area contributed by atoms with E-state index < -0.39 is 0 Å². The summed E-state index contributed by atoms with van der Waals surface area (Å²) in [6.07, 6.45) is 3.37. The Hall–Kier alpha value is -2.00. The van der Waals surface area contributed by atoms with Gasteiger partial charge in [-0.15, -0.1) is 0 Å². The molecule has 1 aliphatic rings. The zero-order valence-electron chi connectivity index (χ0n) is 13.0. The maximum Gasteiger partial charge on any atom is 0.260 e. The van der Waals surface area contributed by atoms with Crippen LogP contribution in [0, 0.1) is 0 Å². The molecule has 0 aromatic heterocycles. The van der Waals surface area contributed by atoms with E-state index in [1.165, 1.54) is 6.42 Å². The predicted octanol–water partition coefficient (Wildman–Crippen LogP) is 4.40. The molecule has 4 heteroatoms. The van der Waals surface area contributed by atoms with E-state index in [9.17, 15) is 4.79 Å². The number of amides is 1. The van der Waals surface area contributed by atoms with E-state index in [4.69, 9.17) is 16.3 Å². The fourth-order valence-electron chi connectivity index (χ4n) is 2.80. The molecule has 0 saturated carbocycles. The number of carbonyl (C=O) groups is 1. The third-order valence-corrected chi connectivity index (χ3v) is 4.39. The third kappa shape index (κ3) is 4.05. The first-order chi connectivity index (χ1) is 11.2. The SMILES string of the molecule is O=C(COc1ccc(-c2ccccc2)cc1Cl)N1CCCCC1. The van der Waals surface area contributed by atoms with Gasteiger partial charge >= 0.3 is 0 Å². The molecular formula is C19H20ClNO2. The zero-order chi connectivity index (χ0) is 16.1. The summed E-state index contributed by atoms with van der Waals surface area (Å²) in [4.78, 5) is 14.0. The van der Waals surface area contributed by atoms with Crippen molar-refractivity contribution in [3.05, 3.63) is 53.6 Å². The molecular weight excluding hydrogens is 310 g/mol. The number of rotatable bonds is 4. The molecule has 0 bridgehead atoms. The van der Waals surface area contributed by atoms with Crippen LogP contribution in [0.3, 0.4) is 0 Å². The van der Waals surface area contributed by atoms with Gasteiger partial charge in [0.1, 0.15) is 5.75 Å². The van der Waals surface area contributed by atoms with E-state index in [0.717, 1.165) is 37.1 Å². The molecule has 0 unspecified atom stereocenters. The average Bonchev–Trinajstić information content (AvgIpc) is 2.62. The number of carbonyl (C=O) groups excluding carboxylic acids is 1. The molecule has 0 radical (unpaired) electrons. The fourth-order valence-corrected chi connectivity index (χ4v) is 3.04. The Morgan fingerprint density at radius 2 is 1.74 bits per heavy atom. The van der Waals surface area contributed by atoms with Gasteiger partial charge in [-0.3, -0.25) is 4.79 Å². The average molecular weight is 330 g/mol. The monoisotopic (exact) mass is 329 g/mol. The normalized spacial score (nSPS) is 14.6. The summed E-state index contributed by atoms with van der Waals surface area (Å²) in [5.41, 5.74) is 2.13. The van der Waals surface area contributed by atoms with Crippen molar-refractivity contribution in [3.63, 3.8) is 0 Å². The lowest BCUT2D eigenvalue weighted by Gasteiger charge is -2.26. The van der Waals surface area contributed by atoms with E-state index in [0.29, 0.717) is 10.8 Å². The van der Waals surface area contributed by atoms with Gasteiger partial charge in [0.25, 0.3) is 5.91 Å². The molecule has 1 aliphatic heterocycles. The Morgan fingerprint density at radius 3 is 2.43 bits per heavy atom. The summed E-state index contributed by atoms with van der Waals surface area (Å²) in [5, 5.41) is 0.526. The number of hydrogen-bond donors (Lipinski definition) is 0. The van der Waals surface area contributed by atoms with Gasteiger partial charge in [-0.05, 0) is 42.5 Å². The molecule has 1 fully saturated rings. The quantitative estimate of drug-likeness (QED) is 0.832. The van der Waals surface area contributed by atoms with E-state index in [1.54, 1.807) is 0 Å². The summed E-state index contributed by atoms with van der Waals surface area (Å²) in [5.74, 6) is 0.588. The Morgan fingerprint density at radius 1 is 1.00 bits per heavy atom. The molecule has 0 spiro atoms. The lowest BCUT2D eigenvalue weighted by atomic mass is 10.1. The molecule has 0 aliphatic carbocycles. The highest BCUT2D eigenvalue weighted by molar-refractivity contribution is 6.32. The number of benzene rings is 2. The molecule has 1 heterocycles. The van der Waals surface area contributed by atoms with Crippen LogP contribution in [0.15, 0.2) is 48.5 Å². The highest BCUT2D eigenvalue weighted by Crippen LogP contribution is 2.30. The molecule has 1 amide bonds. The van der Waals surface area contributed by atoms with Crippen molar-refractivity contribution < 1.29 is 9.53 Å². The van der Waals surface area contributed by atoms with Crippen molar-refractivity contribution in [2.45, 2.75) is 19.3 Å². The first kappa shape index (κ1) is 15.9. The first-order valence-electron chi connectivity index (χ1n) is 7.99. The van der Waals surface area contributed by atoms with Gasteiger partial charge in [-0.1, -0.05) is 48.0 Å². The number of nitrogens with zero attached hydrogens (tertiary/aromatic N) is 1. The summed E-state index contributed by atoms with van der Waals surface area (Å²) >= 11 is 6.30. The van der Waals surface area contributed by atoms with Gasteiger partial charge in [-0.2, -0.15) is 0 Å². The second-order valence-corrected chi connectivity index (χ2v) is 6.15. The van der Waals surface area contributed by atoms with Crippen LogP contribution in [-0.4, -0.2) is 30.5 Å². The Kier molecular flexibility index (Phi) is 5.19. The third-order valence-electron chi connectivity index (χ3n) is 4.10. The van der Waals surface area contributed by atoms with Crippen LogP contribution in [0.2, 0.25) is 5.02 Å². The molecule has 23 heavy (non-hydrogen) atoms. The largest absolute Gasteiger partial charge is 0.482 e. The van der Waals surface area contributed by atoms with Crippen LogP contribution in [0.1, 0.15) is 19.3 Å². The predicted molar refractivity (Wildman–Crippen MR) is 92.8 cm³/mol. The molecule has 1 saturated heterocycles. The van der Waals surface area contributed by atoms with E-state index >= 15 is 0 Å². The highest BCUT2D eigenvalue weighted by Gasteiger charge is 2.17. The minimum Gasteiger partial charge on any atom is -0.482 e. The number of ether oxygens (including phenoxy) is 1. The minimum absolute atomic E-state index is 0.0351. The second kappa shape index (κ2) is 7.51. The molecule has 2 aromatic carbocycles. The first-order valence-corrected chi connectivity index (χ1v) is 8.37.